The highest BCUT2D eigenvalue weighted by Gasteiger charge is 2.20. The summed E-state index contributed by atoms with van der Waals surface area (Å²) in [6, 6.07) is 0. The Labute approximate surface area is 74.9 Å². The van der Waals surface area contributed by atoms with E-state index in [1.165, 1.54) is 0 Å². The molecule has 0 saturated carbocycles. The molecule has 0 aromatic heterocycles. The van der Waals surface area contributed by atoms with Crippen molar-refractivity contribution in [2.24, 2.45) is 11.1 Å². The van der Waals surface area contributed by atoms with E-state index in [1.54, 1.807) is 6.92 Å². The highest BCUT2D eigenvalue weighted by Crippen LogP contribution is 2.14. The van der Waals surface area contributed by atoms with E-state index in [0.29, 0.717) is 6.54 Å². The van der Waals surface area contributed by atoms with E-state index in [9.17, 15) is 4.79 Å². The van der Waals surface area contributed by atoms with Crippen molar-refractivity contribution in [2.75, 3.05) is 19.6 Å². The van der Waals surface area contributed by atoms with Crippen LogP contribution in [-0.4, -0.2) is 30.4 Å². The zero-order valence-electron chi connectivity index (χ0n) is 8.55. The first kappa shape index (κ1) is 11.4. The Morgan fingerprint density at radius 3 is 2.25 bits per heavy atom. The predicted molar refractivity (Wildman–Crippen MR) is 50.8 cm³/mol. The van der Waals surface area contributed by atoms with Gasteiger partial charge in [0, 0.05) is 20.0 Å². The van der Waals surface area contributed by atoms with E-state index in [2.05, 4.69) is 13.8 Å². The molecule has 0 saturated heterocycles. The van der Waals surface area contributed by atoms with Gasteiger partial charge in [-0.2, -0.15) is 0 Å². The molecule has 3 heteroatoms. The number of hydrogen-bond donors (Lipinski definition) is 1. The lowest BCUT2D eigenvalue weighted by atomic mass is 9.93. The van der Waals surface area contributed by atoms with Gasteiger partial charge in [0.25, 0.3) is 0 Å². The van der Waals surface area contributed by atoms with E-state index >= 15 is 0 Å². The Balaban J connectivity index is 4.11. The van der Waals surface area contributed by atoms with Gasteiger partial charge in [-0.1, -0.05) is 13.8 Å². The standard InChI is InChI=1S/C9H20N2O/c1-5-11(8(2)12)7-9(3,4)6-10/h5-7,10H2,1-4H3. The fourth-order valence-corrected chi connectivity index (χ4v) is 1.03. The minimum Gasteiger partial charge on any atom is -0.343 e. The summed E-state index contributed by atoms with van der Waals surface area (Å²) in [5.74, 6) is 0.124. The van der Waals surface area contributed by atoms with Crippen molar-refractivity contribution in [3.05, 3.63) is 0 Å². The molecule has 0 aliphatic carbocycles. The Morgan fingerprint density at radius 2 is 2.00 bits per heavy atom. The fourth-order valence-electron chi connectivity index (χ4n) is 1.03. The van der Waals surface area contributed by atoms with Crippen LogP contribution >= 0.6 is 0 Å². The lowest BCUT2D eigenvalue weighted by Crippen LogP contribution is -2.40. The zero-order valence-corrected chi connectivity index (χ0v) is 8.55. The summed E-state index contributed by atoms with van der Waals surface area (Å²) < 4.78 is 0. The second kappa shape index (κ2) is 4.45. The van der Waals surface area contributed by atoms with Gasteiger partial charge in [-0.05, 0) is 18.9 Å². The van der Waals surface area contributed by atoms with Crippen LogP contribution in [0.1, 0.15) is 27.7 Å². The smallest absolute Gasteiger partial charge is 0.219 e. The van der Waals surface area contributed by atoms with Crippen LogP contribution in [0, 0.1) is 5.41 Å². The van der Waals surface area contributed by atoms with Gasteiger partial charge < -0.3 is 10.6 Å². The molecule has 0 aliphatic heterocycles. The molecule has 3 nitrogen and oxygen atoms in total. The van der Waals surface area contributed by atoms with Crippen LogP contribution in [0.25, 0.3) is 0 Å². The molecule has 0 bridgehead atoms. The van der Waals surface area contributed by atoms with Crippen molar-refractivity contribution in [1.29, 1.82) is 0 Å². The number of nitrogens with zero attached hydrogens (tertiary/aromatic N) is 1. The van der Waals surface area contributed by atoms with Gasteiger partial charge in [0.15, 0.2) is 0 Å². The molecular formula is C9H20N2O. The maximum atomic E-state index is 11.1. The van der Waals surface area contributed by atoms with Crippen molar-refractivity contribution in [3.8, 4) is 0 Å². The fraction of sp³-hybridized carbons (Fsp3) is 0.889. The summed E-state index contributed by atoms with van der Waals surface area (Å²) in [6.45, 7) is 9.83. The Bertz CT molecular complexity index is 155. The number of hydrogen-bond acceptors (Lipinski definition) is 2. The van der Waals surface area contributed by atoms with E-state index < -0.39 is 0 Å². The maximum Gasteiger partial charge on any atom is 0.219 e. The van der Waals surface area contributed by atoms with Crippen LogP contribution in [0.5, 0.6) is 0 Å². The molecule has 1 amide bonds. The van der Waals surface area contributed by atoms with Crippen LogP contribution in [0.2, 0.25) is 0 Å². The summed E-state index contributed by atoms with van der Waals surface area (Å²) in [5, 5.41) is 0. The third kappa shape index (κ3) is 3.72. The molecule has 0 aromatic carbocycles. The normalized spacial score (nSPS) is 11.4. The summed E-state index contributed by atoms with van der Waals surface area (Å²) in [5.41, 5.74) is 5.60. The van der Waals surface area contributed by atoms with Crippen molar-refractivity contribution in [1.82, 2.24) is 4.90 Å². The number of amides is 1. The minimum absolute atomic E-state index is 0.0294. The molecule has 72 valence electrons. The van der Waals surface area contributed by atoms with E-state index in [1.807, 2.05) is 11.8 Å². The summed E-state index contributed by atoms with van der Waals surface area (Å²) >= 11 is 0. The van der Waals surface area contributed by atoms with Gasteiger partial charge in [-0.3, -0.25) is 4.79 Å². The largest absolute Gasteiger partial charge is 0.343 e. The highest BCUT2D eigenvalue weighted by molar-refractivity contribution is 5.73. The summed E-state index contributed by atoms with van der Waals surface area (Å²) in [7, 11) is 0. The first-order valence-electron chi connectivity index (χ1n) is 4.38. The number of nitrogens with two attached hydrogens (primary N) is 1. The highest BCUT2D eigenvalue weighted by atomic mass is 16.2. The third-order valence-corrected chi connectivity index (χ3v) is 2.00. The van der Waals surface area contributed by atoms with Gasteiger partial charge in [0.1, 0.15) is 0 Å². The second-order valence-electron chi connectivity index (χ2n) is 3.90. The first-order chi connectivity index (χ1) is 5.43. The van der Waals surface area contributed by atoms with Crippen molar-refractivity contribution < 1.29 is 4.79 Å². The van der Waals surface area contributed by atoms with Gasteiger partial charge in [0.2, 0.25) is 5.91 Å². The SMILES string of the molecule is CCN(CC(C)(C)CN)C(C)=O. The summed E-state index contributed by atoms with van der Waals surface area (Å²) in [6.07, 6.45) is 0. The minimum atomic E-state index is 0.0294. The lowest BCUT2D eigenvalue weighted by Gasteiger charge is -2.30. The zero-order chi connectivity index (χ0) is 9.78. The van der Waals surface area contributed by atoms with Crippen molar-refractivity contribution in [3.63, 3.8) is 0 Å². The molecule has 12 heavy (non-hydrogen) atoms. The number of carbonyl (C=O) groups excluding carboxylic acids is 1. The molecule has 0 aliphatic rings. The van der Waals surface area contributed by atoms with Crippen LogP contribution < -0.4 is 5.73 Å². The lowest BCUT2D eigenvalue weighted by molar-refractivity contribution is -0.129. The molecule has 0 fully saturated rings. The molecule has 0 spiro atoms. The predicted octanol–water partition coefficient (Wildman–Crippen LogP) is 0.840. The second-order valence-corrected chi connectivity index (χ2v) is 3.90. The van der Waals surface area contributed by atoms with Gasteiger partial charge in [0.05, 0.1) is 0 Å². The molecule has 0 atom stereocenters. The molecule has 0 radical (unpaired) electrons. The first-order valence-corrected chi connectivity index (χ1v) is 4.38. The number of rotatable bonds is 4. The maximum absolute atomic E-state index is 11.1. The van der Waals surface area contributed by atoms with Crippen LogP contribution in [0.3, 0.4) is 0 Å². The average Bonchev–Trinajstić information content (AvgIpc) is 2.00. The van der Waals surface area contributed by atoms with Gasteiger partial charge in [-0.25, -0.2) is 0 Å². The monoisotopic (exact) mass is 172 g/mol. The quantitative estimate of drug-likeness (QED) is 0.683. The molecule has 0 aromatic rings. The van der Waals surface area contributed by atoms with Crippen molar-refractivity contribution >= 4 is 5.91 Å². The molecule has 2 N–H and O–H groups in total. The van der Waals surface area contributed by atoms with E-state index in [-0.39, 0.29) is 11.3 Å². The van der Waals surface area contributed by atoms with Gasteiger partial charge in [-0.15, -0.1) is 0 Å². The Hall–Kier alpha value is -0.570. The molecule has 0 heterocycles. The van der Waals surface area contributed by atoms with Crippen LogP contribution in [0.4, 0.5) is 0 Å². The Kier molecular flexibility index (Phi) is 4.24. The topological polar surface area (TPSA) is 46.3 Å². The molecule has 0 rings (SSSR count). The van der Waals surface area contributed by atoms with E-state index in [0.717, 1.165) is 13.1 Å². The third-order valence-electron chi connectivity index (χ3n) is 2.00. The molecular weight excluding hydrogens is 152 g/mol. The number of carbonyl (C=O) groups is 1. The Morgan fingerprint density at radius 1 is 1.50 bits per heavy atom. The van der Waals surface area contributed by atoms with Crippen LogP contribution in [-0.2, 0) is 4.79 Å². The van der Waals surface area contributed by atoms with Crippen LogP contribution in [0.15, 0.2) is 0 Å². The summed E-state index contributed by atoms with van der Waals surface area (Å²) in [4.78, 5) is 12.9. The molecule has 0 unspecified atom stereocenters. The van der Waals surface area contributed by atoms with Crippen molar-refractivity contribution in [2.45, 2.75) is 27.7 Å². The van der Waals surface area contributed by atoms with Gasteiger partial charge >= 0.3 is 0 Å². The average molecular weight is 172 g/mol. The van der Waals surface area contributed by atoms with E-state index in [4.69, 9.17) is 5.73 Å².